The van der Waals surface area contributed by atoms with Gasteiger partial charge in [-0.15, -0.1) is 10.2 Å². The number of fused-ring (bicyclic) bond motifs is 1. The highest BCUT2D eigenvalue weighted by Gasteiger charge is 2.35. The third-order valence-corrected chi connectivity index (χ3v) is 6.13. The fourth-order valence-electron chi connectivity index (χ4n) is 3.60. The summed E-state index contributed by atoms with van der Waals surface area (Å²) in [5, 5.41) is 23.3. The maximum atomic E-state index is 13.1. The highest BCUT2D eigenvalue weighted by atomic mass is 32.1. The first kappa shape index (κ1) is 18.9. The van der Waals surface area contributed by atoms with Crippen molar-refractivity contribution in [3.8, 4) is 27.0 Å². The summed E-state index contributed by atoms with van der Waals surface area (Å²) in [5.74, 6) is -0.803. The van der Waals surface area contributed by atoms with E-state index in [1.807, 2.05) is 11.7 Å². The molecule has 2 heterocycles. The summed E-state index contributed by atoms with van der Waals surface area (Å²) in [5.41, 5.74) is 2.47. The molecule has 1 aliphatic rings. The van der Waals surface area contributed by atoms with Crippen LogP contribution < -0.4 is 0 Å². The van der Waals surface area contributed by atoms with Gasteiger partial charge in [-0.25, -0.2) is 0 Å². The predicted molar refractivity (Wildman–Crippen MR) is 100 cm³/mol. The van der Waals surface area contributed by atoms with Gasteiger partial charge in [-0.05, 0) is 42.9 Å². The van der Waals surface area contributed by atoms with E-state index in [0.29, 0.717) is 10.0 Å². The van der Waals surface area contributed by atoms with Crippen molar-refractivity contribution in [2.24, 2.45) is 12.5 Å². The second-order valence-electron chi connectivity index (χ2n) is 7.88. The molecule has 1 N–H and O–H groups in total. The van der Waals surface area contributed by atoms with E-state index in [1.165, 1.54) is 23.1 Å². The number of rotatable bonds is 2. The van der Waals surface area contributed by atoms with Crippen molar-refractivity contribution in [1.82, 2.24) is 20.0 Å². The van der Waals surface area contributed by atoms with Crippen LogP contribution in [0.3, 0.4) is 0 Å². The molecule has 0 atom stereocenters. The van der Waals surface area contributed by atoms with Crippen LogP contribution >= 0.6 is 11.3 Å². The minimum absolute atomic E-state index is 0.213. The lowest BCUT2D eigenvalue weighted by atomic mass is 9.76. The number of phenols is 1. The second kappa shape index (κ2) is 6.30. The normalized spacial score (nSPS) is 16.2. The monoisotopic (exact) mass is 408 g/mol. The van der Waals surface area contributed by atoms with Gasteiger partial charge in [0, 0.05) is 23.9 Å². The molecule has 0 amide bonds. The Morgan fingerprint density at radius 2 is 1.89 bits per heavy atom. The molecule has 0 saturated heterocycles. The van der Waals surface area contributed by atoms with Crippen LogP contribution in [0.25, 0.3) is 21.3 Å². The van der Waals surface area contributed by atoms with Crippen LogP contribution in [0.15, 0.2) is 18.2 Å². The number of aryl methyl sites for hydroxylation is 1. The van der Waals surface area contributed by atoms with E-state index < -0.39 is 17.5 Å². The molecule has 4 rings (SSSR count). The van der Waals surface area contributed by atoms with E-state index in [2.05, 4.69) is 29.1 Å². The van der Waals surface area contributed by atoms with Gasteiger partial charge in [0.05, 0.1) is 5.56 Å². The minimum Gasteiger partial charge on any atom is -0.507 e. The Labute approximate surface area is 163 Å². The Hall–Kier alpha value is -2.42. The smallest absolute Gasteiger partial charge is 0.419 e. The number of hydrogen-bond donors (Lipinski definition) is 1. The fraction of sp³-hybridized carbons (Fsp3) is 0.421. The molecule has 0 saturated carbocycles. The molecule has 3 aromatic rings. The molecule has 0 aliphatic heterocycles. The van der Waals surface area contributed by atoms with Crippen molar-refractivity contribution in [3.63, 3.8) is 0 Å². The number of phenolic OH excluding ortho intramolecular Hbond substituents is 1. The zero-order chi connectivity index (χ0) is 20.3. The lowest BCUT2D eigenvalue weighted by molar-refractivity contribution is -0.138. The second-order valence-corrected chi connectivity index (χ2v) is 8.86. The summed E-state index contributed by atoms with van der Waals surface area (Å²) < 4.78 is 41.1. The lowest BCUT2D eigenvalue weighted by Crippen LogP contribution is -2.23. The van der Waals surface area contributed by atoms with E-state index in [-0.39, 0.29) is 11.0 Å². The number of aromatic nitrogens is 4. The zero-order valence-corrected chi connectivity index (χ0v) is 16.4. The summed E-state index contributed by atoms with van der Waals surface area (Å²) in [6.07, 6.45) is -1.79. The highest BCUT2D eigenvalue weighted by Crippen LogP contribution is 2.42. The van der Waals surface area contributed by atoms with E-state index >= 15 is 0 Å². The number of hydrogen-bond acceptors (Lipinski definition) is 5. The quantitative estimate of drug-likeness (QED) is 0.659. The third kappa shape index (κ3) is 3.28. The molecular formula is C19H19F3N4OS. The first-order valence-corrected chi connectivity index (χ1v) is 9.66. The van der Waals surface area contributed by atoms with Crippen LogP contribution in [-0.2, 0) is 26.1 Å². The van der Waals surface area contributed by atoms with Crippen LogP contribution in [0.5, 0.6) is 5.75 Å². The van der Waals surface area contributed by atoms with Crippen LogP contribution in [-0.4, -0.2) is 25.1 Å². The molecule has 148 valence electrons. The van der Waals surface area contributed by atoms with Gasteiger partial charge in [0.1, 0.15) is 16.5 Å². The van der Waals surface area contributed by atoms with E-state index in [9.17, 15) is 18.3 Å². The average Bonchev–Trinajstić information content (AvgIpc) is 3.19. The Kier molecular flexibility index (Phi) is 4.26. The van der Waals surface area contributed by atoms with Crippen LogP contribution in [0.1, 0.15) is 37.1 Å². The molecular weight excluding hydrogens is 389 g/mol. The summed E-state index contributed by atoms with van der Waals surface area (Å²) in [6.45, 7) is 4.46. The number of benzene rings is 1. The number of nitrogens with zero attached hydrogens (tertiary/aromatic N) is 4. The third-order valence-electron chi connectivity index (χ3n) is 5.15. The van der Waals surface area contributed by atoms with Crippen molar-refractivity contribution in [2.75, 3.05) is 0 Å². The number of halogens is 3. The van der Waals surface area contributed by atoms with Gasteiger partial charge in [-0.3, -0.25) is 4.68 Å². The Bertz CT molecular complexity index is 1050. The SMILES string of the molecule is Cn1nc(-c2nnc(-c3ccc(O)c(C(F)(F)F)c3)s2)c2c1CC(C)(C)CC2. The van der Waals surface area contributed by atoms with Crippen LogP contribution in [0.2, 0.25) is 0 Å². The molecule has 9 heteroatoms. The summed E-state index contributed by atoms with van der Waals surface area (Å²) in [6, 6.07) is 3.34. The largest absolute Gasteiger partial charge is 0.507 e. The lowest BCUT2D eigenvalue weighted by Gasteiger charge is -2.29. The molecule has 1 aromatic carbocycles. The van der Waals surface area contributed by atoms with Gasteiger partial charge >= 0.3 is 6.18 Å². The van der Waals surface area contributed by atoms with Crippen molar-refractivity contribution < 1.29 is 18.3 Å². The van der Waals surface area contributed by atoms with Gasteiger partial charge < -0.3 is 5.11 Å². The Balaban J connectivity index is 1.72. The minimum atomic E-state index is -4.64. The molecule has 2 aromatic heterocycles. The molecule has 0 spiro atoms. The first-order chi connectivity index (χ1) is 13.0. The van der Waals surface area contributed by atoms with Crippen molar-refractivity contribution in [3.05, 3.63) is 35.0 Å². The molecule has 0 radical (unpaired) electrons. The standard InChI is InChI=1S/C19H19F3N4OS/c1-18(2)7-6-11-13(9-18)26(3)25-15(11)17-24-23-16(28-17)10-4-5-14(27)12(8-10)19(20,21)22/h4-5,8,27H,6-7,9H2,1-3H3. The Morgan fingerprint density at radius 3 is 2.61 bits per heavy atom. The van der Waals surface area contributed by atoms with Crippen LogP contribution in [0, 0.1) is 5.41 Å². The first-order valence-electron chi connectivity index (χ1n) is 8.84. The van der Waals surface area contributed by atoms with Crippen LogP contribution in [0.4, 0.5) is 13.2 Å². The maximum Gasteiger partial charge on any atom is 0.419 e. The highest BCUT2D eigenvalue weighted by molar-refractivity contribution is 7.17. The maximum absolute atomic E-state index is 13.1. The van der Waals surface area contributed by atoms with Gasteiger partial charge in [0.25, 0.3) is 0 Å². The van der Waals surface area contributed by atoms with E-state index in [1.54, 1.807) is 0 Å². The van der Waals surface area contributed by atoms with Crippen molar-refractivity contribution in [1.29, 1.82) is 0 Å². The molecule has 28 heavy (non-hydrogen) atoms. The van der Waals surface area contributed by atoms with Crippen molar-refractivity contribution >= 4 is 11.3 Å². The summed E-state index contributed by atoms with van der Waals surface area (Å²) in [4.78, 5) is 0. The zero-order valence-electron chi connectivity index (χ0n) is 15.6. The topological polar surface area (TPSA) is 63.8 Å². The summed E-state index contributed by atoms with van der Waals surface area (Å²) in [7, 11) is 1.90. The van der Waals surface area contributed by atoms with Crippen molar-refractivity contribution in [2.45, 2.75) is 39.3 Å². The molecule has 0 unspecified atom stereocenters. The molecule has 5 nitrogen and oxygen atoms in total. The molecule has 0 bridgehead atoms. The number of aromatic hydroxyl groups is 1. The van der Waals surface area contributed by atoms with Gasteiger partial charge in [-0.1, -0.05) is 25.2 Å². The number of alkyl halides is 3. The van der Waals surface area contributed by atoms with Gasteiger partial charge in [0.15, 0.2) is 5.01 Å². The molecule has 1 aliphatic carbocycles. The Morgan fingerprint density at radius 1 is 1.18 bits per heavy atom. The van der Waals surface area contributed by atoms with E-state index in [4.69, 9.17) is 0 Å². The fourth-order valence-corrected chi connectivity index (χ4v) is 4.45. The molecule has 0 fully saturated rings. The predicted octanol–water partition coefficient (Wildman–Crippen LogP) is 4.84. The van der Waals surface area contributed by atoms with Gasteiger partial charge in [-0.2, -0.15) is 18.3 Å². The average molecular weight is 408 g/mol. The van der Waals surface area contributed by atoms with E-state index in [0.717, 1.165) is 42.7 Å². The van der Waals surface area contributed by atoms with Gasteiger partial charge in [0.2, 0.25) is 0 Å². The summed E-state index contributed by atoms with van der Waals surface area (Å²) >= 11 is 1.20.